The molecule has 2 N–H and O–H groups in total. The highest BCUT2D eigenvalue weighted by Gasteiger charge is 2.27. The summed E-state index contributed by atoms with van der Waals surface area (Å²) in [5, 5.41) is 5.72. The van der Waals surface area contributed by atoms with E-state index < -0.39 is 6.10 Å². The van der Waals surface area contributed by atoms with E-state index in [-0.39, 0.29) is 18.4 Å². The molecule has 146 valence electrons. The van der Waals surface area contributed by atoms with Crippen LogP contribution in [-0.4, -0.2) is 24.5 Å². The van der Waals surface area contributed by atoms with E-state index >= 15 is 0 Å². The molecule has 6 nitrogen and oxygen atoms in total. The van der Waals surface area contributed by atoms with Crippen molar-refractivity contribution in [2.75, 3.05) is 17.2 Å². The molecule has 0 aromatic heterocycles. The van der Waals surface area contributed by atoms with Crippen molar-refractivity contribution >= 4 is 23.2 Å². The number of carbonyl (C=O) groups is 2. The van der Waals surface area contributed by atoms with Crippen molar-refractivity contribution in [1.82, 2.24) is 0 Å². The molecule has 0 unspecified atom stereocenters. The number of benzene rings is 3. The van der Waals surface area contributed by atoms with Crippen LogP contribution < -0.4 is 20.1 Å². The summed E-state index contributed by atoms with van der Waals surface area (Å²) in [6.07, 6.45) is -0.734. The van der Waals surface area contributed by atoms with Crippen LogP contribution in [0.5, 0.6) is 11.5 Å². The standard InChI is InChI=1S/C23H20N2O4/c1-15-13-17(11-12-18(15)25-22(26)16-7-3-2-4-8-16)24-23(27)21-14-28-19-9-5-6-10-20(19)29-21/h2-13,21H,14H2,1H3,(H,24,27)(H,25,26)/t21-/m1/s1. The molecule has 1 atom stereocenters. The second-order valence-corrected chi connectivity index (χ2v) is 6.70. The number of carbonyl (C=O) groups excluding carboxylic acids is 2. The molecule has 6 heteroatoms. The summed E-state index contributed by atoms with van der Waals surface area (Å²) in [6, 6.07) is 21.5. The Kier molecular flexibility index (Phi) is 5.16. The van der Waals surface area contributed by atoms with Crippen LogP contribution in [0.15, 0.2) is 72.8 Å². The number of para-hydroxylation sites is 2. The zero-order chi connectivity index (χ0) is 20.2. The molecule has 3 aromatic rings. The molecule has 1 aliphatic heterocycles. The molecule has 0 saturated carbocycles. The molecular formula is C23H20N2O4. The third-order valence-corrected chi connectivity index (χ3v) is 4.58. The Balaban J connectivity index is 1.40. The molecule has 2 amide bonds. The average Bonchev–Trinajstić information content (AvgIpc) is 2.75. The number of nitrogens with one attached hydrogen (secondary N) is 2. The molecule has 0 fully saturated rings. The van der Waals surface area contributed by atoms with Gasteiger partial charge in [0.05, 0.1) is 0 Å². The number of rotatable bonds is 4. The lowest BCUT2D eigenvalue weighted by Crippen LogP contribution is -2.40. The second kappa shape index (κ2) is 8.06. The van der Waals surface area contributed by atoms with Gasteiger partial charge in [-0.3, -0.25) is 9.59 Å². The lowest BCUT2D eigenvalue weighted by atomic mass is 10.1. The molecule has 0 bridgehead atoms. The van der Waals surface area contributed by atoms with Crippen LogP contribution in [0, 0.1) is 6.92 Å². The van der Waals surface area contributed by atoms with E-state index in [9.17, 15) is 9.59 Å². The van der Waals surface area contributed by atoms with Gasteiger partial charge >= 0.3 is 0 Å². The zero-order valence-corrected chi connectivity index (χ0v) is 15.8. The Morgan fingerprint density at radius 3 is 2.38 bits per heavy atom. The lowest BCUT2D eigenvalue weighted by molar-refractivity contribution is -0.125. The van der Waals surface area contributed by atoms with E-state index in [1.54, 1.807) is 42.5 Å². The first-order valence-electron chi connectivity index (χ1n) is 9.26. The van der Waals surface area contributed by atoms with Crippen LogP contribution in [0.25, 0.3) is 0 Å². The Morgan fingerprint density at radius 2 is 1.62 bits per heavy atom. The van der Waals surface area contributed by atoms with Crippen LogP contribution in [-0.2, 0) is 4.79 Å². The van der Waals surface area contributed by atoms with Crippen molar-refractivity contribution in [1.29, 1.82) is 0 Å². The highest BCUT2D eigenvalue weighted by atomic mass is 16.6. The van der Waals surface area contributed by atoms with Crippen molar-refractivity contribution < 1.29 is 19.1 Å². The summed E-state index contributed by atoms with van der Waals surface area (Å²) in [6.45, 7) is 2.01. The van der Waals surface area contributed by atoms with E-state index in [2.05, 4.69) is 10.6 Å². The summed E-state index contributed by atoms with van der Waals surface area (Å²) < 4.78 is 11.3. The third-order valence-electron chi connectivity index (χ3n) is 4.58. The molecule has 29 heavy (non-hydrogen) atoms. The van der Waals surface area contributed by atoms with Gasteiger partial charge in [0.1, 0.15) is 6.61 Å². The molecule has 0 spiro atoms. The van der Waals surface area contributed by atoms with Gasteiger partial charge in [0.25, 0.3) is 11.8 Å². The first kappa shape index (κ1) is 18.6. The number of ether oxygens (including phenoxy) is 2. The lowest BCUT2D eigenvalue weighted by Gasteiger charge is -2.25. The highest BCUT2D eigenvalue weighted by Crippen LogP contribution is 2.31. The minimum atomic E-state index is -0.734. The van der Waals surface area contributed by atoms with Gasteiger partial charge in [0.2, 0.25) is 6.10 Å². The van der Waals surface area contributed by atoms with Crippen LogP contribution in [0.4, 0.5) is 11.4 Å². The highest BCUT2D eigenvalue weighted by molar-refractivity contribution is 6.04. The van der Waals surface area contributed by atoms with Crippen molar-refractivity contribution in [3.63, 3.8) is 0 Å². The maximum absolute atomic E-state index is 12.6. The average molecular weight is 388 g/mol. The molecule has 4 rings (SSSR count). The van der Waals surface area contributed by atoms with Crippen molar-refractivity contribution in [3.8, 4) is 11.5 Å². The quantitative estimate of drug-likeness (QED) is 0.708. The fourth-order valence-corrected chi connectivity index (χ4v) is 3.04. The second-order valence-electron chi connectivity index (χ2n) is 6.70. The number of fused-ring (bicyclic) bond motifs is 1. The van der Waals surface area contributed by atoms with Gasteiger partial charge in [-0.15, -0.1) is 0 Å². The minimum Gasteiger partial charge on any atom is -0.485 e. The van der Waals surface area contributed by atoms with Gasteiger partial charge in [-0.25, -0.2) is 0 Å². The first-order chi connectivity index (χ1) is 14.1. The first-order valence-corrected chi connectivity index (χ1v) is 9.26. The van der Waals surface area contributed by atoms with Gasteiger partial charge in [-0.05, 0) is 55.0 Å². The van der Waals surface area contributed by atoms with Crippen molar-refractivity contribution in [2.24, 2.45) is 0 Å². The summed E-state index contributed by atoms with van der Waals surface area (Å²) in [4.78, 5) is 24.9. The molecular weight excluding hydrogens is 368 g/mol. The Bertz CT molecular complexity index is 1050. The molecule has 1 aliphatic rings. The van der Waals surface area contributed by atoms with E-state index in [1.165, 1.54) is 0 Å². The maximum atomic E-state index is 12.6. The normalized spacial score (nSPS) is 14.7. The van der Waals surface area contributed by atoms with Crippen molar-refractivity contribution in [3.05, 3.63) is 83.9 Å². The van der Waals surface area contributed by atoms with Crippen LogP contribution in [0.3, 0.4) is 0 Å². The SMILES string of the molecule is Cc1cc(NC(=O)[C@H]2COc3ccccc3O2)ccc1NC(=O)c1ccccc1. The predicted molar refractivity (Wildman–Crippen MR) is 111 cm³/mol. The van der Waals surface area contributed by atoms with Gasteiger partial charge in [0, 0.05) is 16.9 Å². The van der Waals surface area contributed by atoms with E-state index in [1.807, 2.05) is 37.3 Å². The topological polar surface area (TPSA) is 76.7 Å². The fourth-order valence-electron chi connectivity index (χ4n) is 3.04. The minimum absolute atomic E-state index is 0.146. The smallest absolute Gasteiger partial charge is 0.269 e. The summed E-state index contributed by atoms with van der Waals surface area (Å²) in [5.74, 6) is 0.705. The summed E-state index contributed by atoms with van der Waals surface area (Å²) >= 11 is 0. The van der Waals surface area contributed by atoms with Crippen molar-refractivity contribution in [2.45, 2.75) is 13.0 Å². The number of aryl methyl sites for hydroxylation is 1. The van der Waals surface area contributed by atoms with E-state index in [0.717, 1.165) is 5.56 Å². The fraction of sp³-hybridized carbons (Fsp3) is 0.130. The van der Waals surface area contributed by atoms with E-state index in [4.69, 9.17) is 9.47 Å². The molecule has 0 radical (unpaired) electrons. The predicted octanol–water partition coefficient (Wildman–Crippen LogP) is 4.03. The number of anilines is 2. The maximum Gasteiger partial charge on any atom is 0.269 e. The van der Waals surface area contributed by atoms with Crippen LogP contribution >= 0.6 is 0 Å². The summed E-state index contributed by atoms with van der Waals surface area (Å²) in [5.41, 5.74) is 2.72. The van der Waals surface area contributed by atoms with Crippen LogP contribution in [0.2, 0.25) is 0 Å². The number of hydrogen-bond acceptors (Lipinski definition) is 4. The molecule has 3 aromatic carbocycles. The van der Waals surface area contributed by atoms with Gasteiger partial charge in [0.15, 0.2) is 11.5 Å². The Labute approximate surface area is 168 Å². The Hall–Kier alpha value is -3.80. The van der Waals surface area contributed by atoms with E-state index in [0.29, 0.717) is 28.4 Å². The van der Waals surface area contributed by atoms with Crippen LogP contribution in [0.1, 0.15) is 15.9 Å². The third kappa shape index (κ3) is 4.21. The van der Waals surface area contributed by atoms with Gasteiger partial charge < -0.3 is 20.1 Å². The van der Waals surface area contributed by atoms with Gasteiger partial charge in [-0.2, -0.15) is 0 Å². The molecule has 1 heterocycles. The Morgan fingerprint density at radius 1 is 0.897 bits per heavy atom. The monoisotopic (exact) mass is 388 g/mol. The summed E-state index contributed by atoms with van der Waals surface area (Å²) in [7, 11) is 0. The zero-order valence-electron chi connectivity index (χ0n) is 15.8. The molecule has 0 saturated heterocycles. The number of hydrogen-bond donors (Lipinski definition) is 2. The van der Waals surface area contributed by atoms with Gasteiger partial charge in [-0.1, -0.05) is 30.3 Å². The molecule has 0 aliphatic carbocycles. The number of amides is 2. The largest absolute Gasteiger partial charge is 0.485 e.